The molecule has 1 N–H and O–H groups in total. The van der Waals surface area contributed by atoms with Gasteiger partial charge in [0.25, 0.3) is 0 Å². The van der Waals surface area contributed by atoms with E-state index in [1.807, 2.05) is 32.0 Å². The molecule has 0 saturated carbocycles. The van der Waals surface area contributed by atoms with Gasteiger partial charge in [-0.25, -0.2) is 19.3 Å². The van der Waals surface area contributed by atoms with E-state index in [1.54, 1.807) is 6.07 Å². The Morgan fingerprint density at radius 3 is 2.62 bits per heavy atom. The summed E-state index contributed by atoms with van der Waals surface area (Å²) in [5.41, 5.74) is 3.94. The van der Waals surface area contributed by atoms with Crippen molar-refractivity contribution in [2.45, 2.75) is 20.3 Å². The van der Waals surface area contributed by atoms with E-state index >= 15 is 0 Å². The molecule has 4 aromatic rings. The minimum atomic E-state index is -0.258. The molecule has 130 valence electrons. The third-order valence-electron chi connectivity index (χ3n) is 4.13. The highest BCUT2D eigenvalue weighted by molar-refractivity contribution is 7.22. The molecule has 0 bridgehead atoms. The maximum absolute atomic E-state index is 13.4. The molecule has 2 heterocycles. The minimum absolute atomic E-state index is 0.258. The zero-order valence-electron chi connectivity index (χ0n) is 14.5. The Morgan fingerprint density at radius 2 is 1.81 bits per heavy atom. The summed E-state index contributed by atoms with van der Waals surface area (Å²) in [6.07, 6.45) is 0.731. The van der Waals surface area contributed by atoms with Gasteiger partial charge in [-0.2, -0.15) is 0 Å². The molecule has 0 fully saturated rings. The maximum atomic E-state index is 13.4. The summed E-state index contributed by atoms with van der Waals surface area (Å²) in [7, 11) is 0. The van der Waals surface area contributed by atoms with E-state index in [9.17, 15) is 4.39 Å². The number of anilines is 2. The molecule has 0 unspecified atom stereocenters. The summed E-state index contributed by atoms with van der Waals surface area (Å²) in [5.74, 6) is 1.19. The molecular weight excluding hydrogens is 347 g/mol. The number of aryl methyl sites for hydroxylation is 2. The van der Waals surface area contributed by atoms with Crippen LogP contribution >= 0.6 is 11.3 Å². The SMILES string of the molecule is Cc1nc(C)c(Cc2ccccc2)c(Nc2nc3ccc(F)cc3s2)n1. The zero-order valence-corrected chi connectivity index (χ0v) is 15.3. The minimum Gasteiger partial charge on any atom is -0.316 e. The maximum Gasteiger partial charge on any atom is 0.189 e. The van der Waals surface area contributed by atoms with Gasteiger partial charge >= 0.3 is 0 Å². The van der Waals surface area contributed by atoms with Crippen LogP contribution in [0.4, 0.5) is 15.3 Å². The lowest BCUT2D eigenvalue weighted by atomic mass is 10.0. The summed E-state index contributed by atoms with van der Waals surface area (Å²) >= 11 is 1.41. The van der Waals surface area contributed by atoms with Gasteiger partial charge < -0.3 is 5.32 Å². The van der Waals surface area contributed by atoms with Gasteiger partial charge in [0, 0.05) is 17.7 Å². The second-order valence-corrected chi connectivity index (χ2v) is 7.13. The fourth-order valence-corrected chi connectivity index (χ4v) is 3.79. The van der Waals surface area contributed by atoms with E-state index in [2.05, 4.69) is 32.4 Å². The summed E-state index contributed by atoms with van der Waals surface area (Å²) in [4.78, 5) is 13.6. The van der Waals surface area contributed by atoms with Crippen LogP contribution in [-0.2, 0) is 6.42 Å². The number of rotatable bonds is 4. The van der Waals surface area contributed by atoms with E-state index in [-0.39, 0.29) is 5.82 Å². The first kappa shape index (κ1) is 16.6. The standard InChI is InChI=1S/C20H17FN4S/c1-12-16(10-14-6-4-3-5-7-14)19(23-13(2)22-12)25-20-24-17-9-8-15(21)11-18(17)26-20/h3-9,11H,10H2,1-2H3,(H,22,23,24,25). The Kier molecular flexibility index (Phi) is 4.34. The quantitative estimate of drug-likeness (QED) is 0.542. The van der Waals surface area contributed by atoms with Crippen molar-refractivity contribution in [3.63, 3.8) is 0 Å². The second-order valence-electron chi connectivity index (χ2n) is 6.10. The van der Waals surface area contributed by atoms with E-state index in [1.165, 1.54) is 29.0 Å². The third kappa shape index (κ3) is 3.41. The van der Waals surface area contributed by atoms with Gasteiger partial charge in [-0.3, -0.25) is 0 Å². The third-order valence-corrected chi connectivity index (χ3v) is 5.06. The average Bonchev–Trinajstić information content (AvgIpc) is 3.00. The van der Waals surface area contributed by atoms with E-state index in [0.717, 1.165) is 33.7 Å². The Balaban J connectivity index is 1.72. The zero-order chi connectivity index (χ0) is 18.1. The molecule has 0 aliphatic carbocycles. The fourth-order valence-electron chi connectivity index (χ4n) is 2.90. The Morgan fingerprint density at radius 1 is 1.00 bits per heavy atom. The lowest BCUT2D eigenvalue weighted by Crippen LogP contribution is -2.06. The highest BCUT2D eigenvalue weighted by Crippen LogP contribution is 2.30. The van der Waals surface area contributed by atoms with Crippen LogP contribution in [0.25, 0.3) is 10.2 Å². The number of nitrogens with zero attached hydrogens (tertiary/aromatic N) is 3. The van der Waals surface area contributed by atoms with Crippen LogP contribution in [0.15, 0.2) is 48.5 Å². The number of halogens is 1. The van der Waals surface area contributed by atoms with Crippen LogP contribution < -0.4 is 5.32 Å². The van der Waals surface area contributed by atoms with Gasteiger partial charge in [0.2, 0.25) is 0 Å². The molecule has 2 aromatic heterocycles. The molecule has 4 rings (SSSR count). The molecule has 0 atom stereocenters. The molecule has 2 aromatic carbocycles. The Bertz CT molecular complexity index is 1080. The van der Waals surface area contributed by atoms with Crippen molar-refractivity contribution in [3.05, 3.63) is 77.0 Å². The highest BCUT2D eigenvalue weighted by Gasteiger charge is 2.13. The fraction of sp³-hybridized carbons (Fsp3) is 0.150. The number of benzene rings is 2. The largest absolute Gasteiger partial charge is 0.316 e. The topological polar surface area (TPSA) is 50.7 Å². The van der Waals surface area contributed by atoms with Crippen LogP contribution in [0.5, 0.6) is 0 Å². The molecule has 0 amide bonds. The molecule has 0 saturated heterocycles. The molecule has 0 aliphatic heterocycles. The number of aromatic nitrogens is 3. The van der Waals surface area contributed by atoms with E-state index in [4.69, 9.17) is 0 Å². The Hall–Kier alpha value is -2.86. The van der Waals surface area contributed by atoms with Crippen molar-refractivity contribution in [1.29, 1.82) is 0 Å². The lowest BCUT2D eigenvalue weighted by molar-refractivity contribution is 0.630. The van der Waals surface area contributed by atoms with E-state index < -0.39 is 0 Å². The van der Waals surface area contributed by atoms with Crippen LogP contribution in [0.1, 0.15) is 22.6 Å². The van der Waals surface area contributed by atoms with Crippen LogP contribution in [0, 0.1) is 19.7 Å². The summed E-state index contributed by atoms with van der Waals surface area (Å²) in [5, 5.41) is 4.01. The van der Waals surface area contributed by atoms with Crippen molar-refractivity contribution in [2.75, 3.05) is 5.32 Å². The average molecular weight is 364 g/mol. The van der Waals surface area contributed by atoms with Crippen molar-refractivity contribution < 1.29 is 4.39 Å². The van der Waals surface area contributed by atoms with Crippen molar-refractivity contribution in [1.82, 2.24) is 15.0 Å². The van der Waals surface area contributed by atoms with Crippen LogP contribution in [0.3, 0.4) is 0 Å². The smallest absolute Gasteiger partial charge is 0.189 e. The first-order valence-electron chi connectivity index (χ1n) is 8.29. The number of fused-ring (bicyclic) bond motifs is 1. The summed E-state index contributed by atoms with van der Waals surface area (Å²) in [6.45, 7) is 3.87. The lowest BCUT2D eigenvalue weighted by Gasteiger charge is -2.13. The van der Waals surface area contributed by atoms with Crippen molar-refractivity contribution in [2.24, 2.45) is 0 Å². The highest BCUT2D eigenvalue weighted by atomic mass is 32.1. The number of thiazole rings is 1. The molecule has 4 nitrogen and oxygen atoms in total. The van der Waals surface area contributed by atoms with Gasteiger partial charge in [-0.05, 0) is 37.6 Å². The van der Waals surface area contributed by atoms with E-state index in [0.29, 0.717) is 11.0 Å². The van der Waals surface area contributed by atoms with Crippen molar-refractivity contribution >= 4 is 32.5 Å². The molecule has 6 heteroatoms. The molecule has 0 aliphatic rings. The predicted octanol–water partition coefficient (Wildman–Crippen LogP) is 5.18. The van der Waals surface area contributed by atoms with Gasteiger partial charge in [0.1, 0.15) is 17.5 Å². The number of nitrogens with one attached hydrogen (secondary N) is 1. The predicted molar refractivity (Wildman–Crippen MR) is 104 cm³/mol. The van der Waals surface area contributed by atoms with Gasteiger partial charge in [-0.15, -0.1) is 0 Å². The molecular formula is C20H17FN4S. The Labute approximate surface area is 154 Å². The van der Waals surface area contributed by atoms with Gasteiger partial charge in [-0.1, -0.05) is 41.7 Å². The number of hydrogen-bond acceptors (Lipinski definition) is 5. The number of hydrogen-bond donors (Lipinski definition) is 1. The summed E-state index contributed by atoms with van der Waals surface area (Å²) < 4.78 is 14.2. The molecule has 0 spiro atoms. The van der Waals surface area contributed by atoms with Crippen molar-refractivity contribution in [3.8, 4) is 0 Å². The second kappa shape index (κ2) is 6.80. The summed E-state index contributed by atoms with van der Waals surface area (Å²) in [6, 6.07) is 14.8. The first-order chi connectivity index (χ1) is 12.6. The molecule has 0 radical (unpaired) electrons. The van der Waals surface area contributed by atoms with Crippen LogP contribution in [-0.4, -0.2) is 15.0 Å². The van der Waals surface area contributed by atoms with Gasteiger partial charge in [0.05, 0.1) is 10.2 Å². The van der Waals surface area contributed by atoms with Crippen LogP contribution in [0.2, 0.25) is 0 Å². The molecule has 26 heavy (non-hydrogen) atoms. The normalized spacial score (nSPS) is 11.0. The van der Waals surface area contributed by atoms with Gasteiger partial charge in [0.15, 0.2) is 5.13 Å². The monoisotopic (exact) mass is 364 g/mol. The first-order valence-corrected chi connectivity index (χ1v) is 9.11.